The van der Waals surface area contributed by atoms with Crippen molar-refractivity contribution in [3.63, 3.8) is 0 Å². The summed E-state index contributed by atoms with van der Waals surface area (Å²) >= 11 is 3.30. The molecule has 0 aromatic rings. The zero-order chi connectivity index (χ0) is 8.32. The van der Waals surface area contributed by atoms with E-state index in [1.165, 1.54) is 0 Å². The highest BCUT2D eigenvalue weighted by atomic mass is 79.9. The molecule has 0 bridgehead atoms. The molecule has 1 atom stereocenters. The number of sulfone groups is 1. The molecule has 1 unspecified atom stereocenters. The first-order valence-corrected chi connectivity index (χ1v) is 6.78. The Morgan fingerprint density at radius 1 is 1.45 bits per heavy atom. The third kappa shape index (κ3) is 2.44. The summed E-state index contributed by atoms with van der Waals surface area (Å²) in [5.41, 5.74) is 0. The quantitative estimate of drug-likeness (QED) is 0.705. The first kappa shape index (κ1) is 9.52. The lowest BCUT2D eigenvalue weighted by molar-refractivity contribution is 0.581. The van der Waals surface area contributed by atoms with Crippen LogP contribution in [0.25, 0.3) is 0 Å². The molecular weight excluding hydrogens is 228 g/mol. The summed E-state index contributed by atoms with van der Waals surface area (Å²) in [5, 5.41) is 0.888. The van der Waals surface area contributed by atoms with E-state index in [4.69, 9.17) is 0 Å². The van der Waals surface area contributed by atoms with Crippen LogP contribution in [0.1, 0.15) is 25.7 Å². The number of hydrogen-bond acceptors (Lipinski definition) is 2. The second-order valence-corrected chi connectivity index (χ2v) is 6.16. The Labute approximate surface area is 76.4 Å². The van der Waals surface area contributed by atoms with Gasteiger partial charge in [-0.25, -0.2) is 8.42 Å². The molecule has 0 amide bonds. The van der Waals surface area contributed by atoms with Crippen LogP contribution in [0.2, 0.25) is 0 Å². The van der Waals surface area contributed by atoms with Gasteiger partial charge in [-0.15, -0.1) is 0 Å². The van der Waals surface area contributed by atoms with Crippen molar-refractivity contribution in [2.24, 2.45) is 0 Å². The van der Waals surface area contributed by atoms with Crippen molar-refractivity contribution in [2.45, 2.75) is 30.9 Å². The molecule has 0 spiro atoms. The normalized spacial score (nSPS) is 29.0. The maximum Gasteiger partial charge on any atom is 0.153 e. The molecule has 0 aliphatic carbocycles. The van der Waals surface area contributed by atoms with Crippen LogP contribution in [0.5, 0.6) is 0 Å². The third-order valence-corrected chi connectivity index (χ3v) is 5.03. The molecule has 66 valence electrons. The molecule has 1 aliphatic rings. The van der Waals surface area contributed by atoms with Crippen molar-refractivity contribution >= 4 is 25.8 Å². The summed E-state index contributed by atoms with van der Waals surface area (Å²) in [6.45, 7) is 0. The molecule has 1 heterocycles. The smallest absolute Gasteiger partial charge is 0.153 e. The van der Waals surface area contributed by atoms with Crippen molar-refractivity contribution in [2.75, 3.05) is 11.1 Å². The zero-order valence-electron chi connectivity index (χ0n) is 6.42. The topological polar surface area (TPSA) is 34.1 Å². The van der Waals surface area contributed by atoms with Gasteiger partial charge in [0.2, 0.25) is 0 Å². The van der Waals surface area contributed by atoms with E-state index in [-0.39, 0.29) is 5.25 Å². The van der Waals surface area contributed by atoms with Crippen molar-refractivity contribution in [1.29, 1.82) is 0 Å². The lowest BCUT2D eigenvalue weighted by atomic mass is 10.2. The maximum atomic E-state index is 11.3. The fourth-order valence-corrected chi connectivity index (χ4v) is 3.76. The SMILES string of the molecule is O=S1(=O)CCCC1CCCBr. The number of halogens is 1. The highest BCUT2D eigenvalue weighted by molar-refractivity contribution is 9.09. The van der Waals surface area contributed by atoms with E-state index in [1.807, 2.05) is 0 Å². The van der Waals surface area contributed by atoms with Crippen LogP contribution in [-0.2, 0) is 9.84 Å². The standard InChI is InChI=1S/C7H13BrO2S/c8-5-1-3-7-4-2-6-11(7,9)10/h7H,1-6H2. The Morgan fingerprint density at radius 3 is 2.64 bits per heavy atom. The summed E-state index contributed by atoms with van der Waals surface area (Å²) < 4.78 is 22.5. The van der Waals surface area contributed by atoms with Gasteiger partial charge in [0.1, 0.15) is 0 Å². The van der Waals surface area contributed by atoms with Crippen LogP contribution < -0.4 is 0 Å². The van der Waals surface area contributed by atoms with Gasteiger partial charge in [-0.1, -0.05) is 15.9 Å². The minimum Gasteiger partial charge on any atom is -0.229 e. The molecule has 0 saturated carbocycles. The Morgan fingerprint density at radius 2 is 2.18 bits per heavy atom. The van der Waals surface area contributed by atoms with E-state index in [0.717, 1.165) is 31.0 Å². The fourth-order valence-electron chi connectivity index (χ4n) is 1.49. The van der Waals surface area contributed by atoms with Crippen molar-refractivity contribution in [3.8, 4) is 0 Å². The molecule has 1 fully saturated rings. The van der Waals surface area contributed by atoms with Crippen LogP contribution in [0.15, 0.2) is 0 Å². The Kier molecular flexibility index (Phi) is 3.37. The van der Waals surface area contributed by atoms with Crippen LogP contribution in [0.4, 0.5) is 0 Å². The van der Waals surface area contributed by atoms with Crippen LogP contribution in [-0.4, -0.2) is 24.8 Å². The Bertz CT molecular complexity index is 210. The molecule has 4 heteroatoms. The maximum absolute atomic E-state index is 11.3. The van der Waals surface area contributed by atoms with Gasteiger partial charge in [-0.2, -0.15) is 0 Å². The van der Waals surface area contributed by atoms with Crippen LogP contribution in [0, 0.1) is 0 Å². The predicted octanol–water partition coefficient (Wildman–Crippen LogP) is 1.74. The van der Waals surface area contributed by atoms with Gasteiger partial charge in [0.15, 0.2) is 9.84 Å². The van der Waals surface area contributed by atoms with Gasteiger partial charge in [0, 0.05) is 5.33 Å². The van der Waals surface area contributed by atoms with Crippen LogP contribution >= 0.6 is 15.9 Å². The van der Waals surface area contributed by atoms with Crippen LogP contribution in [0.3, 0.4) is 0 Å². The van der Waals surface area contributed by atoms with Gasteiger partial charge in [0.05, 0.1) is 11.0 Å². The van der Waals surface area contributed by atoms with Gasteiger partial charge < -0.3 is 0 Å². The molecule has 0 aromatic carbocycles. The molecule has 1 rings (SSSR count). The molecule has 11 heavy (non-hydrogen) atoms. The molecule has 0 N–H and O–H groups in total. The Hall–Kier alpha value is 0.430. The van der Waals surface area contributed by atoms with E-state index in [1.54, 1.807) is 0 Å². The minimum atomic E-state index is -2.68. The number of rotatable bonds is 3. The first-order valence-electron chi connectivity index (χ1n) is 3.94. The monoisotopic (exact) mass is 240 g/mol. The summed E-state index contributed by atoms with van der Waals surface area (Å²) in [5.74, 6) is 0.417. The largest absolute Gasteiger partial charge is 0.229 e. The first-order chi connectivity index (χ1) is 5.17. The molecule has 2 nitrogen and oxygen atoms in total. The number of alkyl halides is 1. The highest BCUT2D eigenvalue weighted by Gasteiger charge is 2.30. The van der Waals surface area contributed by atoms with Gasteiger partial charge in [0.25, 0.3) is 0 Å². The zero-order valence-corrected chi connectivity index (χ0v) is 8.83. The molecular formula is C7H13BrO2S. The van der Waals surface area contributed by atoms with Crippen molar-refractivity contribution in [3.05, 3.63) is 0 Å². The minimum absolute atomic E-state index is 0.0277. The second kappa shape index (κ2) is 3.90. The van der Waals surface area contributed by atoms with E-state index in [0.29, 0.717) is 5.75 Å². The fraction of sp³-hybridized carbons (Fsp3) is 1.00. The summed E-state index contributed by atoms with van der Waals surface area (Å²) in [4.78, 5) is 0. The van der Waals surface area contributed by atoms with E-state index < -0.39 is 9.84 Å². The number of hydrogen-bond donors (Lipinski definition) is 0. The van der Waals surface area contributed by atoms with E-state index in [9.17, 15) is 8.42 Å². The Balaban J connectivity index is 2.45. The molecule has 0 aromatic heterocycles. The van der Waals surface area contributed by atoms with Gasteiger partial charge >= 0.3 is 0 Å². The molecule has 1 saturated heterocycles. The third-order valence-electron chi connectivity index (χ3n) is 2.12. The van der Waals surface area contributed by atoms with Crippen molar-refractivity contribution < 1.29 is 8.42 Å². The lowest BCUT2D eigenvalue weighted by Gasteiger charge is -2.06. The summed E-state index contributed by atoms with van der Waals surface area (Å²) in [6, 6.07) is 0. The highest BCUT2D eigenvalue weighted by Crippen LogP contribution is 2.23. The van der Waals surface area contributed by atoms with E-state index >= 15 is 0 Å². The van der Waals surface area contributed by atoms with E-state index in [2.05, 4.69) is 15.9 Å². The second-order valence-electron chi connectivity index (χ2n) is 2.96. The molecule has 1 aliphatic heterocycles. The predicted molar refractivity (Wildman–Crippen MR) is 49.8 cm³/mol. The lowest BCUT2D eigenvalue weighted by Crippen LogP contribution is -2.15. The van der Waals surface area contributed by atoms with Crippen molar-refractivity contribution in [1.82, 2.24) is 0 Å². The molecule has 0 radical (unpaired) electrons. The van der Waals surface area contributed by atoms with Gasteiger partial charge in [-0.05, 0) is 25.7 Å². The average molecular weight is 241 g/mol. The average Bonchev–Trinajstić information content (AvgIpc) is 2.25. The summed E-state index contributed by atoms with van der Waals surface area (Å²) in [6.07, 6.45) is 3.57. The summed E-state index contributed by atoms with van der Waals surface area (Å²) in [7, 11) is -2.68. The van der Waals surface area contributed by atoms with Gasteiger partial charge in [-0.3, -0.25) is 0 Å².